The third-order valence-corrected chi connectivity index (χ3v) is 3.22. The standard InChI is InChI=1S/C16H14N4O/c1-20-11-13(14-6-2-3-7-15(14)20)10-18-19-16(21)12-5-4-8-17-9-12/h2-11H,1H3,(H,19,21). The van der Waals surface area contributed by atoms with Crippen LogP contribution in [-0.4, -0.2) is 21.7 Å². The predicted octanol–water partition coefficient (Wildman–Crippen LogP) is 2.34. The van der Waals surface area contributed by atoms with Crippen molar-refractivity contribution < 1.29 is 4.79 Å². The number of aryl methyl sites for hydroxylation is 1. The van der Waals surface area contributed by atoms with E-state index in [2.05, 4.69) is 15.5 Å². The Balaban J connectivity index is 1.78. The van der Waals surface area contributed by atoms with E-state index in [1.54, 1.807) is 24.5 Å². The van der Waals surface area contributed by atoms with Gasteiger partial charge >= 0.3 is 0 Å². The van der Waals surface area contributed by atoms with Gasteiger partial charge in [-0.2, -0.15) is 5.10 Å². The molecule has 104 valence electrons. The predicted molar refractivity (Wildman–Crippen MR) is 82.2 cm³/mol. The monoisotopic (exact) mass is 278 g/mol. The number of amides is 1. The van der Waals surface area contributed by atoms with Gasteiger partial charge in [0, 0.05) is 42.1 Å². The van der Waals surface area contributed by atoms with Gasteiger partial charge < -0.3 is 4.57 Å². The normalized spacial score (nSPS) is 11.1. The summed E-state index contributed by atoms with van der Waals surface area (Å²) in [5.74, 6) is -0.278. The number of pyridine rings is 1. The average Bonchev–Trinajstić information content (AvgIpc) is 2.85. The molecule has 2 aromatic heterocycles. The molecule has 0 aliphatic heterocycles. The number of carbonyl (C=O) groups is 1. The zero-order valence-electron chi connectivity index (χ0n) is 11.5. The van der Waals surface area contributed by atoms with Gasteiger partial charge in [-0.25, -0.2) is 5.43 Å². The lowest BCUT2D eigenvalue weighted by Crippen LogP contribution is -2.17. The van der Waals surface area contributed by atoms with E-state index in [1.807, 2.05) is 42.1 Å². The topological polar surface area (TPSA) is 59.3 Å². The fraction of sp³-hybridized carbons (Fsp3) is 0.0625. The first-order chi connectivity index (χ1) is 10.3. The molecule has 0 saturated heterocycles. The number of hydrazone groups is 1. The average molecular weight is 278 g/mol. The van der Waals surface area contributed by atoms with Gasteiger partial charge in [-0.05, 0) is 18.2 Å². The highest BCUT2D eigenvalue weighted by Crippen LogP contribution is 2.18. The molecule has 3 rings (SSSR count). The molecule has 0 aliphatic carbocycles. The van der Waals surface area contributed by atoms with Crippen molar-refractivity contribution in [2.24, 2.45) is 12.1 Å². The number of hydrogen-bond donors (Lipinski definition) is 1. The first kappa shape index (κ1) is 13.1. The Labute approximate surface area is 121 Å². The number of rotatable bonds is 3. The molecule has 2 heterocycles. The molecule has 0 atom stereocenters. The number of para-hydroxylation sites is 1. The number of hydrogen-bond acceptors (Lipinski definition) is 3. The maximum atomic E-state index is 11.8. The lowest BCUT2D eigenvalue weighted by atomic mass is 10.2. The van der Waals surface area contributed by atoms with Gasteiger partial charge in [0.05, 0.1) is 11.8 Å². The van der Waals surface area contributed by atoms with Crippen LogP contribution < -0.4 is 5.43 Å². The highest BCUT2D eigenvalue weighted by molar-refractivity contribution is 6.00. The van der Waals surface area contributed by atoms with E-state index in [9.17, 15) is 4.79 Å². The van der Waals surface area contributed by atoms with Crippen LogP contribution in [0.15, 0.2) is 60.1 Å². The maximum Gasteiger partial charge on any atom is 0.272 e. The molecule has 0 radical (unpaired) electrons. The lowest BCUT2D eigenvalue weighted by molar-refractivity contribution is 0.0955. The molecule has 3 aromatic rings. The Bertz CT molecular complexity index is 806. The molecule has 0 aliphatic rings. The first-order valence-electron chi connectivity index (χ1n) is 6.53. The van der Waals surface area contributed by atoms with E-state index < -0.39 is 0 Å². The largest absolute Gasteiger partial charge is 0.350 e. The summed E-state index contributed by atoms with van der Waals surface area (Å²) >= 11 is 0. The molecular weight excluding hydrogens is 264 g/mol. The van der Waals surface area contributed by atoms with Crippen molar-refractivity contribution in [2.75, 3.05) is 0 Å². The van der Waals surface area contributed by atoms with E-state index >= 15 is 0 Å². The summed E-state index contributed by atoms with van der Waals surface area (Å²) in [6.45, 7) is 0. The molecule has 1 aromatic carbocycles. The van der Waals surface area contributed by atoms with Crippen LogP contribution in [0, 0.1) is 0 Å². The van der Waals surface area contributed by atoms with Crippen molar-refractivity contribution in [1.82, 2.24) is 15.0 Å². The SMILES string of the molecule is Cn1cc(C=NNC(=O)c2cccnc2)c2ccccc21. The molecule has 0 saturated carbocycles. The van der Waals surface area contributed by atoms with Crippen molar-refractivity contribution in [3.63, 3.8) is 0 Å². The zero-order chi connectivity index (χ0) is 14.7. The summed E-state index contributed by atoms with van der Waals surface area (Å²) in [6, 6.07) is 11.4. The quantitative estimate of drug-likeness (QED) is 0.590. The molecule has 0 bridgehead atoms. The summed E-state index contributed by atoms with van der Waals surface area (Å²) < 4.78 is 2.03. The molecule has 5 nitrogen and oxygen atoms in total. The number of aromatic nitrogens is 2. The summed E-state index contributed by atoms with van der Waals surface area (Å²) in [5.41, 5.74) is 5.06. The van der Waals surface area contributed by atoms with Crippen LogP contribution in [0.1, 0.15) is 15.9 Å². The summed E-state index contributed by atoms with van der Waals surface area (Å²) in [5, 5.41) is 5.11. The molecule has 0 spiro atoms. The van der Waals surface area contributed by atoms with Crippen molar-refractivity contribution in [3.05, 3.63) is 66.1 Å². The number of nitrogens with zero attached hydrogens (tertiary/aromatic N) is 3. The van der Waals surface area contributed by atoms with Crippen LogP contribution in [0.3, 0.4) is 0 Å². The highest BCUT2D eigenvalue weighted by Gasteiger charge is 2.05. The van der Waals surface area contributed by atoms with Gasteiger partial charge in [0.2, 0.25) is 0 Å². The van der Waals surface area contributed by atoms with E-state index in [0.29, 0.717) is 5.56 Å². The maximum absolute atomic E-state index is 11.8. The lowest BCUT2D eigenvalue weighted by Gasteiger charge is -1.97. The van der Waals surface area contributed by atoms with Gasteiger partial charge in [0.15, 0.2) is 0 Å². The van der Waals surface area contributed by atoms with Gasteiger partial charge in [0.1, 0.15) is 0 Å². The van der Waals surface area contributed by atoms with E-state index in [-0.39, 0.29) is 5.91 Å². The van der Waals surface area contributed by atoms with Crippen molar-refractivity contribution in [3.8, 4) is 0 Å². The molecule has 5 heteroatoms. The summed E-state index contributed by atoms with van der Waals surface area (Å²) in [7, 11) is 1.98. The third kappa shape index (κ3) is 2.67. The van der Waals surface area contributed by atoms with Crippen LogP contribution >= 0.6 is 0 Å². The molecule has 0 fully saturated rings. The van der Waals surface area contributed by atoms with Crippen LogP contribution in [0.4, 0.5) is 0 Å². The second-order valence-electron chi connectivity index (χ2n) is 4.65. The zero-order valence-corrected chi connectivity index (χ0v) is 11.5. The Morgan fingerprint density at radius 3 is 2.95 bits per heavy atom. The Hall–Kier alpha value is -2.95. The molecule has 0 unspecified atom stereocenters. The smallest absolute Gasteiger partial charge is 0.272 e. The summed E-state index contributed by atoms with van der Waals surface area (Å²) in [4.78, 5) is 15.7. The van der Waals surface area contributed by atoms with Crippen molar-refractivity contribution in [2.45, 2.75) is 0 Å². The minimum Gasteiger partial charge on any atom is -0.350 e. The third-order valence-electron chi connectivity index (χ3n) is 3.22. The molecular formula is C16H14N4O. The van der Waals surface area contributed by atoms with Crippen molar-refractivity contribution in [1.29, 1.82) is 0 Å². The van der Waals surface area contributed by atoms with Crippen LogP contribution in [-0.2, 0) is 7.05 Å². The van der Waals surface area contributed by atoms with E-state index in [0.717, 1.165) is 16.5 Å². The Kier molecular flexibility index (Phi) is 3.47. The van der Waals surface area contributed by atoms with E-state index in [1.165, 1.54) is 6.20 Å². The van der Waals surface area contributed by atoms with Gasteiger partial charge in [-0.3, -0.25) is 9.78 Å². The van der Waals surface area contributed by atoms with Crippen LogP contribution in [0.25, 0.3) is 10.9 Å². The molecule has 1 amide bonds. The molecule has 21 heavy (non-hydrogen) atoms. The number of carbonyl (C=O) groups excluding carboxylic acids is 1. The fourth-order valence-electron chi connectivity index (χ4n) is 2.20. The molecule has 1 N–H and O–H groups in total. The van der Waals surface area contributed by atoms with Crippen LogP contribution in [0.5, 0.6) is 0 Å². The Morgan fingerprint density at radius 1 is 1.29 bits per heavy atom. The summed E-state index contributed by atoms with van der Waals surface area (Å²) in [6.07, 6.45) is 6.75. The minimum atomic E-state index is -0.278. The van der Waals surface area contributed by atoms with E-state index in [4.69, 9.17) is 0 Å². The Morgan fingerprint density at radius 2 is 2.14 bits per heavy atom. The van der Waals surface area contributed by atoms with Gasteiger partial charge in [-0.15, -0.1) is 0 Å². The van der Waals surface area contributed by atoms with Crippen molar-refractivity contribution >= 4 is 23.0 Å². The number of fused-ring (bicyclic) bond motifs is 1. The second kappa shape index (κ2) is 5.58. The minimum absolute atomic E-state index is 0.278. The first-order valence-corrected chi connectivity index (χ1v) is 6.53. The highest BCUT2D eigenvalue weighted by atomic mass is 16.2. The fourth-order valence-corrected chi connectivity index (χ4v) is 2.20. The number of nitrogens with one attached hydrogen (secondary N) is 1. The van der Waals surface area contributed by atoms with Gasteiger partial charge in [-0.1, -0.05) is 18.2 Å². The van der Waals surface area contributed by atoms with Gasteiger partial charge in [0.25, 0.3) is 5.91 Å². The number of benzene rings is 1. The van der Waals surface area contributed by atoms with Crippen LogP contribution in [0.2, 0.25) is 0 Å². The second-order valence-corrected chi connectivity index (χ2v) is 4.65.